The molecule has 6 nitrogen and oxygen atoms in total. The second-order valence-electron chi connectivity index (χ2n) is 2.94. The summed E-state index contributed by atoms with van der Waals surface area (Å²) in [5, 5.41) is 14.7. The number of aliphatic carboxylic acids is 1. The van der Waals surface area contributed by atoms with E-state index >= 15 is 0 Å². The van der Waals surface area contributed by atoms with E-state index in [1.807, 2.05) is 6.92 Å². The number of carboxylic acids is 1. The highest BCUT2D eigenvalue weighted by atomic mass is 33.1. The molecule has 0 aliphatic heterocycles. The summed E-state index contributed by atoms with van der Waals surface area (Å²) in [5.41, 5.74) is 0. The van der Waals surface area contributed by atoms with Gasteiger partial charge in [0.15, 0.2) is 0 Å². The van der Waals surface area contributed by atoms with Crippen LogP contribution in [0, 0.1) is 0 Å². The van der Waals surface area contributed by atoms with Crippen LogP contribution >= 0.6 is 21.6 Å². The molecule has 0 rings (SSSR count). The molecule has 1 atom stereocenters. The Kier molecular flexibility index (Phi) is 11.7. The summed E-state index contributed by atoms with van der Waals surface area (Å²) in [7, 11) is 3.19. The number of rotatable bonds is 12. The predicted molar refractivity (Wildman–Crippen MR) is 70.0 cm³/mol. The lowest BCUT2D eigenvalue weighted by atomic mass is 10.3. The zero-order valence-corrected chi connectivity index (χ0v) is 11.3. The van der Waals surface area contributed by atoms with E-state index in [1.165, 1.54) is 0 Å². The molecule has 0 radical (unpaired) electrons. The fourth-order valence-electron chi connectivity index (χ4n) is 0.917. The molecule has 0 fully saturated rings. The first-order chi connectivity index (χ1) is 8.22. The van der Waals surface area contributed by atoms with Crippen molar-refractivity contribution in [2.24, 2.45) is 0 Å². The summed E-state index contributed by atoms with van der Waals surface area (Å²) < 4.78 is 4.42. The van der Waals surface area contributed by atoms with Gasteiger partial charge in [-0.05, 0) is 0 Å². The highest BCUT2D eigenvalue weighted by Gasteiger charge is 2.15. The van der Waals surface area contributed by atoms with E-state index in [9.17, 15) is 9.59 Å². The Morgan fingerprint density at radius 1 is 1.47 bits per heavy atom. The van der Waals surface area contributed by atoms with Crippen molar-refractivity contribution in [1.29, 1.82) is 0 Å². The van der Waals surface area contributed by atoms with Crippen molar-refractivity contribution in [3.05, 3.63) is 0 Å². The third-order valence-electron chi connectivity index (χ3n) is 1.68. The molecule has 0 aliphatic carbocycles. The van der Waals surface area contributed by atoms with Gasteiger partial charge in [-0.1, -0.05) is 28.5 Å². The molecule has 0 aromatic carbocycles. The Hall–Kier alpha value is -0.440. The Morgan fingerprint density at radius 3 is 2.82 bits per heavy atom. The van der Waals surface area contributed by atoms with Crippen LogP contribution in [0.4, 0.5) is 0 Å². The first-order valence-corrected chi connectivity index (χ1v) is 7.67. The van der Waals surface area contributed by atoms with Gasteiger partial charge in [0.05, 0.1) is 0 Å². The van der Waals surface area contributed by atoms with Crippen molar-refractivity contribution in [1.82, 2.24) is 10.6 Å². The molecule has 0 bridgehead atoms. The summed E-state index contributed by atoms with van der Waals surface area (Å²) in [6.45, 7) is 3.58. The van der Waals surface area contributed by atoms with E-state index < -0.39 is 12.0 Å². The summed E-state index contributed by atoms with van der Waals surface area (Å²) in [5.74, 6) is 0.638. The Labute approximate surface area is 109 Å². The van der Waals surface area contributed by atoms with Crippen LogP contribution in [-0.4, -0.2) is 54.9 Å². The van der Waals surface area contributed by atoms with Crippen molar-refractivity contribution in [2.75, 3.05) is 31.3 Å². The van der Waals surface area contributed by atoms with Crippen LogP contribution in [0.15, 0.2) is 0 Å². The molecule has 0 aromatic heterocycles. The zero-order valence-electron chi connectivity index (χ0n) is 9.68. The van der Waals surface area contributed by atoms with Gasteiger partial charge in [0.2, 0.25) is 0 Å². The van der Waals surface area contributed by atoms with Gasteiger partial charge in [-0.2, -0.15) is 0 Å². The maximum absolute atomic E-state index is 10.9. The number of carbonyl (C=O) groups is 2. The van der Waals surface area contributed by atoms with Crippen LogP contribution in [0.5, 0.6) is 0 Å². The molecule has 0 aliphatic rings. The number of nitrogens with one attached hydrogen (secondary N) is 2. The molecule has 0 saturated carbocycles. The van der Waals surface area contributed by atoms with Crippen LogP contribution in [0.2, 0.25) is 0 Å². The third kappa shape index (κ3) is 10.4. The van der Waals surface area contributed by atoms with Crippen molar-refractivity contribution in [3.8, 4) is 0 Å². The van der Waals surface area contributed by atoms with Gasteiger partial charge in [0.25, 0.3) is 6.47 Å². The van der Waals surface area contributed by atoms with Crippen LogP contribution in [0.25, 0.3) is 0 Å². The van der Waals surface area contributed by atoms with Crippen molar-refractivity contribution < 1.29 is 19.4 Å². The lowest BCUT2D eigenvalue weighted by Gasteiger charge is -2.13. The lowest BCUT2D eigenvalue weighted by Crippen LogP contribution is -2.42. The molecular weight excluding hydrogens is 264 g/mol. The molecule has 0 spiro atoms. The smallest absolute Gasteiger partial charge is 0.321 e. The minimum Gasteiger partial charge on any atom is -0.480 e. The van der Waals surface area contributed by atoms with E-state index in [2.05, 4.69) is 15.4 Å². The van der Waals surface area contributed by atoms with Gasteiger partial charge >= 0.3 is 5.97 Å². The minimum atomic E-state index is -0.849. The molecule has 17 heavy (non-hydrogen) atoms. The Bertz CT molecular complexity index is 219. The highest BCUT2D eigenvalue weighted by molar-refractivity contribution is 8.76. The van der Waals surface area contributed by atoms with E-state index in [-0.39, 0.29) is 6.73 Å². The van der Waals surface area contributed by atoms with Gasteiger partial charge < -0.3 is 15.2 Å². The van der Waals surface area contributed by atoms with E-state index in [0.717, 1.165) is 5.75 Å². The van der Waals surface area contributed by atoms with Crippen LogP contribution < -0.4 is 10.6 Å². The first kappa shape index (κ1) is 16.6. The molecule has 0 amide bonds. The molecule has 1 unspecified atom stereocenters. The van der Waals surface area contributed by atoms with Crippen LogP contribution in [0.3, 0.4) is 0 Å². The molecular formula is C9H18N2O4S2. The summed E-state index contributed by atoms with van der Waals surface area (Å²) in [6.07, 6.45) is 0. The number of carboxylic acid groups (broad SMARTS) is 1. The van der Waals surface area contributed by atoms with Crippen molar-refractivity contribution in [3.63, 3.8) is 0 Å². The number of ether oxygens (including phenoxy) is 1. The largest absolute Gasteiger partial charge is 0.480 e. The highest BCUT2D eigenvalue weighted by Crippen LogP contribution is 2.20. The predicted octanol–water partition coefficient (Wildman–Crippen LogP) is 0.151. The van der Waals surface area contributed by atoms with E-state index in [1.54, 1.807) is 21.6 Å². The third-order valence-corrected chi connectivity index (χ3v) is 4.17. The maximum atomic E-state index is 10.9. The Morgan fingerprint density at radius 2 is 2.24 bits per heavy atom. The van der Waals surface area contributed by atoms with Gasteiger partial charge in [-0.15, -0.1) is 0 Å². The zero-order chi connectivity index (χ0) is 12.9. The summed E-state index contributed by atoms with van der Waals surface area (Å²) >= 11 is 0. The fourth-order valence-corrected chi connectivity index (χ4v) is 2.77. The van der Waals surface area contributed by atoms with Gasteiger partial charge in [0, 0.05) is 24.6 Å². The van der Waals surface area contributed by atoms with Crippen LogP contribution in [-0.2, 0) is 14.3 Å². The minimum absolute atomic E-state index is 0.142. The van der Waals surface area contributed by atoms with E-state index in [4.69, 9.17) is 5.11 Å². The van der Waals surface area contributed by atoms with Crippen molar-refractivity contribution in [2.45, 2.75) is 13.0 Å². The van der Waals surface area contributed by atoms with E-state index in [0.29, 0.717) is 25.3 Å². The summed E-state index contributed by atoms with van der Waals surface area (Å²) in [6, 6.07) is -0.548. The molecule has 8 heteroatoms. The normalized spacial score (nSPS) is 12.1. The molecule has 100 valence electrons. The number of carbonyl (C=O) groups excluding carboxylic acids is 1. The number of hydrogen-bond donors (Lipinski definition) is 3. The topological polar surface area (TPSA) is 87.7 Å². The molecule has 3 N–H and O–H groups in total. The number of hydrogen-bond acceptors (Lipinski definition) is 7. The summed E-state index contributed by atoms with van der Waals surface area (Å²) in [4.78, 5) is 20.7. The SMILES string of the molecule is CCSSCC(NCCNCOC=O)C(=O)O. The average molecular weight is 282 g/mol. The average Bonchev–Trinajstić information content (AvgIpc) is 2.31. The molecule has 0 heterocycles. The fraction of sp³-hybridized carbons (Fsp3) is 0.778. The second-order valence-corrected chi connectivity index (χ2v) is 5.74. The van der Waals surface area contributed by atoms with Gasteiger partial charge in [-0.3, -0.25) is 14.9 Å². The van der Waals surface area contributed by atoms with Crippen LogP contribution in [0.1, 0.15) is 6.92 Å². The quantitative estimate of drug-likeness (QED) is 0.202. The standard InChI is InChI=1S/C9H18N2O4S2/c1-2-16-17-5-8(9(13)14)11-4-3-10-6-15-7-12/h7-8,10-11H,2-6H2,1H3,(H,13,14). The van der Waals surface area contributed by atoms with Gasteiger partial charge in [-0.25, -0.2) is 0 Å². The maximum Gasteiger partial charge on any atom is 0.321 e. The Balaban J connectivity index is 3.55. The molecule has 0 aromatic rings. The second kappa shape index (κ2) is 12.0. The molecule has 0 saturated heterocycles. The first-order valence-electron chi connectivity index (χ1n) is 5.19. The van der Waals surface area contributed by atoms with Crippen molar-refractivity contribution >= 4 is 34.0 Å². The van der Waals surface area contributed by atoms with Gasteiger partial charge in [0.1, 0.15) is 12.8 Å². The monoisotopic (exact) mass is 282 g/mol. The lowest BCUT2D eigenvalue weighted by molar-refractivity contribution is -0.138.